The van der Waals surface area contributed by atoms with Gasteiger partial charge >= 0.3 is 5.88 Å². The Morgan fingerprint density at radius 1 is 1.55 bits per heavy atom. The van der Waals surface area contributed by atoms with Gasteiger partial charge in [0.25, 0.3) is 5.91 Å². The molecule has 2 aromatic rings. The summed E-state index contributed by atoms with van der Waals surface area (Å²) < 4.78 is 4.89. The molecule has 0 bridgehead atoms. The molecule has 116 valence electrons. The second-order valence-electron chi connectivity index (χ2n) is 5.44. The van der Waals surface area contributed by atoms with Crippen LogP contribution in [0.3, 0.4) is 0 Å². The molecule has 0 spiro atoms. The number of amides is 1. The van der Waals surface area contributed by atoms with E-state index in [1.165, 1.54) is 22.3 Å². The fourth-order valence-electron chi connectivity index (χ4n) is 2.58. The number of carbonyl (C=O) groups excluding carboxylic acids is 1. The van der Waals surface area contributed by atoms with Crippen LogP contribution in [-0.2, 0) is 12.8 Å². The highest BCUT2D eigenvalue weighted by Crippen LogP contribution is 2.41. The van der Waals surface area contributed by atoms with Gasteiger partial charge in [-0.1, -0.05) is 6.92 Å². The molecule has 3 rings (SSSR count). The minimum absolute atomic E-state index is 0.106. The number of hydrogen-bond acceptors (Lipinski definition) is 6. The van der Waals surface area contributed by atoms with E-state index in [1.54, 1.807) is 0 Å². The highest BCUT2D eigenvalue weighted by molar-refractivity contribution is 7.17. The Balaban J connectivity index is 1.81. The van der Waals surface area contributed by atoms with Crippen LogP contribution in [0.1, 0.15) is 34.3 Å². The Morgan fingerprint density at radius 2 is 2.32 bits per heavy atom. The molecule has 3 N–H and O–H groups in total. The van der Waals surface area contributed by atoms with Crippen LogP contribution in [-0.4, -0.2) is 10.8 Å². The zero-order valence-electron chi connectivity index (χ0n) is 11.9. The van der Waals surface area contributed by atoms with Crippen LogP contribution in [0.5, 0.6) is 0 Å². The van der Waals surface area contributed by atoms with Gasteiger partial charge in [-0.2, -0.15) is 0 Å². The Bertz CT molecular complexity index is 749. The standard InChI is InChI=1S/C14H15N3O4S/c1-7-2-3-8-10(6-7)22-14(12(8)15)16-13(18)9-4-5-11(21-9)17(19)20/h4-5,7H,2-3,6,15H2,1H3,(H,16,18). The molecule has 0 saturated heterocycles. The number of carbonyl (C=O) groups is 1. The molecular weight excluding hydrogens is 306 g/mol. The van der Waals surface area contributed by atoms with E-state index in [4.69, 9.17) is 10.2 Å². The average molecular weight is 321 g/mol. The van der Waals surface area contributed by atoms with E-state index in [-0.39, 0.29) is 5.76 Å². The lowest BCUT2D eigenvalue weighted by atomic mass is 9.90. The third-order valence-corrected chi connectivity index (χ3v) is 4.96. The predicted molar refractivity (Wildman–Crippen MR) is 83.2 cm³/mol. The molecule has 1 atom stereocenters. The summed E-state index contributed by atoms with van der Waals surface area (Å²) >= 11 is 1.47. The maximum Gasteiger partial charge on any atom is 0.433 e. The van der Waals surface area contributed by atoms with E-state index in [9.17, 15) is 14.9 Å². The van der Waals surface area contributed by atoms with Crippen molar-refractivity contribution in [2.24, 2.45) is 5.92 Å². The van der Waals surface area contributed by atoms with Gasteiger partial charge in [0.05, 0.1) is 11.8 Å². The van der Waals surface area contributed by atoms with Gasteiger partial charge in [-0.25, -0.2) is 0 Å². The van der Waals surface area contributed by atoms with Crippen molar-refractivity contribution in [3.8, 4) is 0 Å². The van der Waals surface area contributed by atoms with E-state index < -0.39 is 16.7 Å². The van der Waals surface area contributed by atoms with E-state index in [0.717, 1.165) is 30.9 Å². The van der Waals surface area contributed by atoms with Crippen molar-refractivity contribution in [3.05, 3.63) is 38.4 Å². The minimum Gasteiger partial charge on any atom is -0.396 e. The number of rotatable bonds is 3. The first-order valence-corrected chi connectivity index (χ1v) is 7.73. The SMILES string of the molecule is CC1CCc2c(sc(NC(=O)c3ccc([N+](=O)[O-])o3)c2N)C1. The normalized spacial score (nSPS) is 17.0. The Hall–Kier alpha value is -2.35. The molecule has 1 unspecified atom stereocenters. The van der Waals surface area contributed by atoms with Gasteiger partial charge in [-0.05, 0) is 36.8 Å². The lowest BCUT2D eigenvalue weighted by Crippen LogP contribution is -2.12. The van der Waals surface area contributed by atoms with E-state index in [1.807, 2.05) is 0 Å². The summed E-state index contributed by atoms with van der Waals surface area (Å²) in [6.07, 6.45) is 2.97. The van der Waals surface area contributed by atoms with E-state index >= 15 is 0 Å². The van der Waals surface area contributed by atoms with Crippen molar-refractivity contribution in [2.75, 3.05) is 11.1 Å². The Kier molecular flexibility index (Phi) is 3.61. The van der Waals surface area contributed by atoms with Crippen molar-refractivity contribution in [3.63, 3.8) is 0 Å². The summed E-state index contributed by atoms with van der Waals surface area (Å²) in [5.41, 5.74) is 7.82. The number of nitrogen functional groups attached to an aromatic ring is 1. The zero-order chi connectivity index (χ0) is 15.9. The van der Waals surface area contributed by atoms with Crippen LogP contribution in [0, 0.1) is 16.0 Å². The third kappa shape index (κ3) is 2.57. The Labute approximate surface area is 130 Å². The van der Waals surface area contributed by atoms with Gasteiger partial charge in [0.2, 0.25) is 0 Å². The molecule has 7 nitrogen and oxygen atoms in total. The van der Waals surface area contributed by atoms with E-state index in [2.05, 4.69) is 12.2 Å². The number of thiophene rings is 1. The first kappa shape index (κ1) is 14.6. The van der Waals surface area contributed by atoms with Gasteiger partial charge in [0.1, 0.15) is 9.92 Å². The fourth-order valence-corrected chi connectivity index (χ4v) is 3.91. The number of nitro groups is 1. The third-order valence-electron chi connectivity index (χ3n) is 3.78. The van der Waals surface area contributed by atoms with Gasteiger partial charge < -0.3 is 15.5 Å². The second-order valence-corrected chi connectivity index (χ2v) is 6.55. The molecular formula is C14H15N3O4S. The lowest BCUT2D eigenvalue weighted by Gasteiger charge is -2.17. The van der Waals surface area contributed by atoms with Crippen LogP contribution in [0.15, 0.2) is 16.5 Å². The maximum atomic E-state index is 12.1. The van der Waals surface area contributed by atoms with Gasteiger partial charge in [0, 0.05) is 4.88 Å². The summed E-state index contributed by atoms with van der Waals surface area (Å²) in [5.74, 6) is -0.489. The van der Waals surface area contributed by atoms with Gasteiger partial charge in [-0.3, -0.25) is 14.9 Å². The number of furan rings is 1. The number of nitrogens with zero attached hydrogens (tertiary/aromatic N) is 1. The summed E-state index contributed by atoms with van der Waals surface area (Å²) in [5, 5.41) is 13.9. The summed E-state index contributed by atoms with van der Waals surface area (Å²) in [6.45, 7) is 2.19. The zero-order valence-corrected chi connectivity index (χ0v) is 12.7. The quantitative estimate of drug-likeness (QED) is 0.666. The predicted octanol–water partition coefficient (Wildman–Crippen LogP) is 3.21. The maximum absolute atomic E-state index is 12.1. The largest absolute Gasteiger partial charge is 0.433 e. The minimum atomic E-state index is -0.684. The number of nitrogens with two attached hydrogens (primary N) is 1. The molecule has 1 amide bonds. The smallest absolute Gasteiger partial charge is 0.396 e. The van der Waals surface area contributed by atoms with Gasteiger partial charge in [0.15, 0.2) is 5.76 Å². The van der Waals surface area contributed by atoms with Crippen LogP contribution >= 0.6 is 11.3 Å². The van der Waals surface area contributed by atoms with Crippen molar-refractivity contribution < 1.29 is 14.1 Å². The van der Waals surface area contributed by atoms with Crippen LogP contribution in [0.4, 0.5) is 16.6 Å². The fraction of sp³-hybridized carbons (Fsp3) is 0.357. The van der Waals surface area contributed by atoms with E-state index in [0.29, 0.717) is 16.6 Å². The molecule has 0 radical (unpaired) electrons. The van der Waals surface area contributed by atoms with Crippen LogP contribution < -0.4 is 11.1 Å². The molecule has 1 aliphatic rings. The van der Waals surface area contributed by atoms with Crippen molar-refractivity contribution in [2.45, 2.75) is 26.2 Å². The first-order valence-electron chi connectivity index (χ1n) is 6.91. The van der Waals surface area contributed by atoms with Crippen molar-refractivity contribution in [1.82, 2.24) is 0 Å². The second kappa shape index (κ2) is 5.45. The summed E-state index contributed by atoms with van der Waals surface area (Å²) in [7, 11) is 0. The topological polar surface area (TPSA) is 111 Å². The number of anilines is 2. The van der Waals surface area contributed by atoms with Gasteiger partial charge in [-0.15, -0.1) is 11.3 Å². The highest BCUT2D eigenvalue weighted by atomic mass is 32.1. The monoisotopic (exact) mass is 321 g/mol. The lowest BCUT2D eigenvalue weighted by molar-refractivity contribution is -0.402. The van der Waals surface area contributed by atoms with Crippen molar-refractivity contribution >= 4 is 33.8 Å². The Morgan fingerprint density at radius 3 is 3.00 bits per heavy atom. The number of fused-ring (bicyclic) bond motifs is 1. The number of nitrogens with one attached hydrogen (secondary N) is 1. The first-order chi connectivity index (χ1) is 10.5. The molecule has 8 heteroatoms. The highest BCUT2D eigenvalue weighted by Gasteiger charge is 2.24. The number of hydrogen-bond donors (Lipinski definition) is 2. The molecule has 0 saturated carbocycles. The molecule has 22 heavy (non-hydrogen) atoms. The summed E-state index contributed by atoms with van der Waals surface area (Å²) in [6, 6.07) is 2.43. The van der Waals surface area contributed by atoms with Crippen molar-refractivity contribution in [1.29, 1.82) is 0 Å². The molecule has 2 aromatic heterocycles. The molecule has 0 aromatic carbocycles. The molecule has 0 aliphatic heterocycles. The molecule has 1 aliphatic carbocycles. The summed E-state index contributed by atoms with van der Waals surface area (Å²) in [4.78, 5) is 23.2. The molecule has 0 fully saturated rings. The van der Waals surface area contributed by atoms with Crippen LogP contribution in [0.25, 0.3) is 0 Å². The average Bonchev–Trinajstić information content (AvgIpc) is 3.05. The van der Waals surface area contributed by atoms with Crippen LogP contribution in [0.2, 0.25) is 0 Å². The molecule has 2 heterocycles.